The highest BCUT2D eigenvalue weighted by atomic mass is 16.1. The minimum absolute atomic E-state index is 0.119. The highest BCUT2D eigenvalue weighted by Gasteiger charge is 2.51. The van der Waals surface area contributed by atoms with Gasteiger partial charge in [-0.15, -0.1) is 0 Å². The van der Waals surface area contributed by atoms with E-state index in [1.165, 1.54) is 38.5 Å². The van der Waals surface area contributed by atoms with Crippen LogP contribution < -0.4 is 0 Å². The minimum atomic E-state index is -0.119. The molecule has 0 aromatic carbocycles. The number of Topliss-reactive ketones (excluding diaryl/α,β-unsaturated/α-hetero) is 1. The molecular formula is C17H29NO. The zero-order valence-electron chi connectivity index (χ0n) is 12.7. The van der Waals surface area contributed by atoms with Crippen LogP contribution in [0.3, 0.4) is 0 Å². The first kappa shape index (κ1) is 13.6. The van der Waals surface area contributed by atoms with Crippen LogP contribution in [0.4, 0.5) is 0 Å². The number of carbonyl (C=O) groups is 1. The molecule has 2 saturated carbocycles. The summed E-state index contributed by atoms with van der Waals surface area (Å²) in [5.74, 6) is 2.63. The standard InChI is InChI=1S/C17H29NO/c1-3-17(4-2,18-9-5-6-10-18)16(19)15-12-13-7-8-14(15)11-13/h13-15H,3-12H2,1-2H3. The molecule has 1 aliphatic heterocycles. The molecule has 3 atom stereocenters. The molecule has 19 heavy (non-hydrogen) atoms. The lowest BCUT2D eigenvalue weighted by Gasteiger charge is -2.42. The van der Waals surface area contributed by atoms with Gasteiger partial charge in [-0.25, -0.2) is 0 Å². The maximum Gasteiger partial charge on any atom is 0.156 e. The number of rotatable bonds is 5. The van der Waals surface area contributed by atoms with Crippen LogP contribution >= 0.6 is 0 Å². The Bertz CT molecular complexity index is 341. The second-order valence-corrected chi connectivity index (χ2v) is 7.08. The molecule has 2 aliphatic carbocycles. The van der Waals surface area contributed by atoms with Gasteiger partial charge in [-0.1, -0.05) is 20.3 Å². The summed E-state index contributed by atoms with van der Waals surface area (Å²) in [4.78, 5) is 15.8. The van der Waals surface area contributed by atoms with E-state index in [0.717, 1.165) is 37.8 Å². The first-order valence-corrected chi connectivity index (χ1v) is 8.50. The Morgan fingerprint density at radius 2 is 1.79 bits per heavy atom. The molecule has 0 N–H and O–H groups in total. The molecule has 1 heterocycles. The number of nitrogens with zero attached hydrogens (tertiary/aromatic N) is 1. The van der Waals surface area contributed by atoms with Crippen LogP contribution in [0.1, 0.15) is 65.2 Å². The summed E-state index contributed by atoms with van der Waals surface area (Å²) in [6.07, 6.45) is 9.86. The van der Waals surface area contributed by atoms with Gasteiger partial charge >= 0.3 is 0 Å². The fourth-order valence-electron chi connectivity index (χ4n) is 5.26. The Hall–Kier alpha value is -0.370. The Kier molecular flexibility index (Phi) is 3.72. The molecule has 2 nitrogen and oxygen atoms in total. The summed E-state index contributed by atoms with van der Waals surface area (Å²) >= 11 is 0. The first-order valence-electron chi connectivity index (χ1n) is 8.50. The molecule has 0 amide bonds. The molecule has 3 fully saturated rings. The van der Waals surface area contributed by atoms with Gasteiger partial charge in [0.05, 0.1) is 5.54 Å². The molecule has 0 aromatic rings. The fraction of sp³-hybridized carbons (Fsp3) is 0.941. The van der Waals surface area contributed by atoms with Crippen molar-refractivity contribution >= 4 is 5.78 Å². The third kappa shape index (κ3) is 2.07. The smallest absolute Gasteiger partial charge is 0.156 e. The van der Waals surface area contributed by atoms with E-state index in [4.69, 9.17) is 0 Å². The van der Waals surface area contributed by atoms with Crippen molar-refractivity contribution in [1.29, 1.82) is 0 Å². The highest BCUT2D eigenvalue weighted by Crippen LogP contribution is 2.50. The van der Waals surface area contributed by atoms with E-state index in [9.17, 15) is 4.79 Å². The third-order valence-corrected chi connectivity index (χ3v) is 6.41. The third-order valence-electron chi connectivity index (χ3n) is 6.41. The van der Waals surface area contributed by atoms with E-state index in [1.54, 1.807) is 0 Å². The largest absolute Gasteiger partial charge is 0.297 e. The second-order valence-electron chi connectivity index (χ2n) is 7.08. The molecule has 0 radical (unpaired) electrons. The van der Waals surface area contributed by atoms with E-state index in [1.807, 2.05) is 0 Å². The number of hydrogen-bond acceptors (Lipinski definition) is 2. The van der Waals surface area contributed by atoms with Gasteiger partial charge < -0.3 is 0 Å². The van der Waals surface area contributed by atoms with Gasteiger partial charge in [0.2, 0.25) is 0 Å². The number of carbonyl (C=O) groups excluding carboxylic acids is 1. The Balaban J connectivity index is 1.81. The van der Waals surface area contributed by atoms with Crippen molar-refractivity contribution in [1.82, 2.24) is 4.90 Å². The molecule has 3 aliphatic rings. The monoisotopic (exact) mass is 263 g/mol. The molecule has 0 aromatic heterocycles. The molecule has 3 unspecified atom stereocenters. The molecule has 3 rings (SSSR count). The first-order chi connectivity index (χ1) is 9.21. The van der Waals surface area contributed by atoms with Crippen molar-refractivity contribution in [3.8, 4) is 0 Å². The lowest BCUT2D eigenvalue weighted by Crippen LogP contribution is -2.55. The van der Waals surface area contributed by atoms with Gasteiger partial charge in [-0.05, 0) is 69.9 Å². The topological polar surface area (TPSA) is 20.3 Å². The van der Waals surface area contributed by atoms with Crippen LogP contribution in [0.5, 0.6) is 0 Å². The van der Waals surface area contributed by atoms with E-state index >= 15 is 0 Å². The molecule has 108 valence electrons. The van der Waals surface area contributed by atoms with Crippen LogP contribution in [0.25, 0.3) is 0 Å². The predicted octanol–water partition coefficient (Wildman–Crippen LogP) is 3.65. The van der Waals surface area contributed by atoms with Gasteiger partial charge in [0.15, 0.2) is 5.78 Å². The molecule has 1 saturated heterocycles. The number of ketones is 1. The van der Waals surface area contributed by atoms with Gasteiger partial charge in [0, 0.05) is 5.92 Å². The van der Waals surface area contributed by atoms with Gasteiger partial charge in [0.1, 0.15) is 0 Å². The van der Waals surface area contributed by atoms with Crippen LogP contribution in [-0.2, 0) is 4.79 Å². The van der Waals surface area contributed by atoms with Gasteiger partial charge in [0.25, 0.3) is 0 Å². The van der Waals surface area contributed by atoms with Crippen molar-refractivity contribution in [2.24, 2.45) is 17.8 Å². The average Bonchev–Trinajstić information content (AvgIpc) is 3.17. The normalized spacial score (nSPS) is 35.2. The quantitative estimate of drug-likeness (QED) is 0.754. The lowest BCUT2D eigenvalue weighted by molar-refractivity contribution is -0.137. The molecule has 2 bridgehead atoms. The van der Waals surface area contributed by atoms with Crippen LogP contribution in [-0.4, -0.2) is 29.3 Å². The van der Waals surface area contributed by atoms with Crippen LogP contribution in [0.2, 0.25) is 0 Å². The van der Waals surface area contributed by atoms with Crippen LogP contribution in [0.15, 0.2) is 0 Å². The highest BCUT2D eigenvalue weighted by molar-refractivity contribution is 5.91. The summed E-state index contributed by atoms with van der Waals surface area (Å²) in [5.41, 5.74) is -0.119. The summed E-state index contributed by atoms with van der Waals surface area (Å²) in [6.45, 7) is 6.75. The van der Waals surface area contributed by atoms with Crippen molar-refractivity contribution in [3.05, 3.63) is 0 Å². The van der Waals surface area contributed by atoms with Gasteiger partial charge in [-0.3, -0.25) is 9.69 Å². The second kappa shape index (κ2) is 5.20. The summed E-state index contributed by atoms with van der Waals surface area (Å²) < 4.78 is 0. The Labute approximate surface area is 117 Å². The molecular weight excluding hydrogens is 234 g/mol. The maximum absolute atomic E-state index is 13.3. The maximum atomic E-state index is 13.3. The number of hydrogen-bond donors (Lipinski definition) is 0. The number of likely N-dealkylation sites (tertiary alicyclic amines) is 1. The van der Waals surface area contributed by atoms with Crippen molar-refractivity contribution in [2.45, 2.75) is 70.8 Å². The average molecular weight is 263 g/mol. The Morgan fingerprint density at radius 1 is 1.11 bits per heavy atom. The van der Waals surface area contributed by atoms with E-state index < -0.39 is 0 Å². The number of fused-ring (bicyclic) bond motifs is 2. The lowest BCUT2D eigenvalue weighted by atomic mass is 9.74. The zero-order chi connectivity index (χ0) is 13.5. The fourth-order valence-corrected chi connectivity index (χ4v) is 5.26. The SMILES string of the molecule is CCC(CC)(C(=O)C1CC2CCC1C2)N1CCCC1. The van der Waals surface area contributed by atoms with Crippen LogP contribution in [0, 0.1) is 17.8 Å². The molecule has 2 heteroatoms. The molecule has 0 spiro atoms. The van der Waals surface area contributed by atoms with Crippen molar-refractivity contribution in [2.75, 3.05) is 13.1 Å². The van der Waals surface area contributed by atoms with E-state index in [2.05, 4.69) is 18.7 Å². The van der Waals surface area contributed by atoms with Crippen molar-refractivity contribution in [3.63, 3.8) is 0 Å². The zero-order valence-corrected chi connectivity index (χ0v) is 12.7. The van der Waals surface area contributed by atoms with Crippen molar-refractivity contribution < 1.29 is 4.79 Å². The van der Waals surface area contributed by atoms with E-state index in [0.29, 0.717) is 11.7 Å². The summed E-state index contributed by atoms with van der Waals surface area (Å²) in [6, 6.07) is 0. The van der Waals surface area contributed by atoms with E-state index in [-0.39, 0.29) is 5.54 Å². The summed E-state index contributed by atoms with van der Waals surface area (Å²) in [7, 11) is 0. The summed E-state index contributed by atoms with van der Waals surface area (Å²) in [5, 5.41) is 0. The predicted molar refractivity (Wildman–Crippen MR) is 78.1 cm³/mol. The minimum Gasteiger partial charge on any atom is -0.297 e. The Morgan fingerprint density at radius 3 is 2.26 bits per heavy atom. The van der Waals surface area contributed by atoms with Gasteiger partial charge in [-0.2, -0.15) is 0 Å².